The van der Waals surface area contributed by atoms with Gasteiger partial charge in [-0.25, -0.2) is 0 Å². The van der Waals surface area contributed by atoms with Crippen molar-refractivity contribution in [2.75, 3.05) is 26.7 Å². The quantitative estimate of drug-likeness (QED) is 0.263. The molecule has 1 fully saturated rings. The van der Waals surface area contributed by atoms with Gasteiger partial charge in [0, 0.05) is 24.5 Å². The van der Waals surface area contributed by atoms with Crippen LogP contribution in [-0.2, 0) is 11.2 Å². The van der Waals surface area contributed by atoms with Gasteiger partial charge in [-0.1, -0.05) is 29.8 Å². The van der Waals surface area contributed by atoms with Gasteiger partial charge in [0.15, 0.2) is 0 Å². The third-order valence-corrected chi connectivity index (χ3v) is 8.17. The van der Waals surface area contributed by atoms with Crippen LogP contribution in [0.4, 0.5) is 0 Å². The van der Waals surface area contributed by atoms with E-state index in [9.17, 15) is 15.0 Å². The zero-order valence-electron chi connectivity index (χ0n) is 22.8. The number of piperidine rings is 1. The standard InChI is InChI=1S/C32H42N2O4/c1-23-6-8-24(9-7-23)5-3-4-19-34-20-17-25(26(22-34)11-15-32(36)37)10-14-31(35)28-16-18-33-30-13-12-27(38-2)21-29(28)30/h6-9,12-13,16,18,21,25-26,31,35H,3-5,10-11,14-15,17,19-20,22H2,1-2H3,(H,36,37)/t25?,26?,31-/m0/s1. The van der Waals surface area contributed by atoms with Crippen LogP contribution in [0.5, 0.6) is 5.75 Å². The van der Waals surface area contributed by atoms with E-state index in [-0.39, 0.29) is 6.42 Å². The molecule has 1 saturated heterocycles. The minimum absolute atomic E-state index is 0.208. The number of pyridine rings is 1. The van der Waals surface area contributed by atoms with E-state index < -0.39 is 12.1 Å². The Morgan fingerprint density at radius 2 is 1.92 bits per heavy atom. The molecule has 3 aromatic rings. The molecule has 0 amide bonds. The molecule has 0 bridgehead atoms. The summed E-state index contributed by atoms with van der Waals surface area (Å²) in [5, 5.41) is 21.4. The van der Waals surface area contributed by atoms with Crippen molar-refractivity contribution < 1.29 is 19.7 Å². The fraction of sp³-hybridized carbons (Fsp3) is 0.500. The lowest BCUT2D eigenvalue weighted by Crippen LogP contribution is -2.41. The monoisotopic (exact) mass is 518 g/mol. The number of aliphatic hydroxyl groups excluding tert-OH is 1. The summed E-state index contributed by atoms with van der Waals surface area (Å²) in [7, 11) is 1.64. The van der Waals surface area contributed by atoms with E-state index in [2.05, 4.69) is 41.1 Å². The Balaban J connectivity index is 1.31. The molecular weight excluding hydrogens is 476 g/mol. The van der Waals surface area contributed by atoms with Gasteiger partial charge >= 0.3 is 5.97 Å². The van der Waals surface area contributed by atoms with Gasteiger partial charge in [0.05, 0.1) is 18.7 Å². The molecular formula is C32H42N2O4. The average Bonchev–Trinajstić information content (AvgIpc) is 2.93. The zero-order chi connectivity index (χ0) is 26.9. The summed E-state index contributed by atoms with van der Waals surface area (Å²) in [6.45, 7) is 5.18. The number of nitrogens with zero attached hydrogens (tertiary/aromatic N) is 2. The van der Waals surface area contributed by atoms with E-state index >= 15 is 0 Å². The fourth-order valence-electron chi connectivity index (χ4n) is 5.89. The second-order valence-corrected chi connectivity index (χ2v) is 10.9. The molecule has 0 radical (unpaired) electrons. The Morgan fingerprint density at radius 3 is 2.68 bits per heavy atom. The highest BCUT2D eigenvalue weighted by Crippen LogP contribution is 2.35. The molecule has 2 N–H and O–H groups in total. The lowest BCUT2D eigenvalue weighted by Gasteiger charge is -2.39. The smallest absolute Gasteiger partial charge is 0.303 e. The molecule has 3 atom stereocenters. The van der Waals surface area contributed by atoms with Crippen LogP contribution in [0.3, 0.4) is 0 Å². The Bertz CT molecular complexity index is 1180. The highest BCUT2D eigenvalue weighted by atomic mass is 16.5. The SMILES string of the molecule is COc1ccc2nccc([C@@H](O)CCC3CCN(CCCCc4ccc(C)cc4)CC3CCC(=O)O)c2c1. The van der Waals surface area contributed by atoms with E-state index in [0.29, 0.717) is 24.7 Å². The Morgan fingerprint density at radius 1 is 1.11 bits per heavy atom. The number of aromatic nitrogens is 1. The van der Waals surface area contributed by atoms with Crippen molar-refractivity contribution in [2.24, 2.45) is 11.8 Å². The summed E-state index contributed by atoms with van der Waals surface area (Å²) < 4.78 is 5.38. The fourth-order valence-corrected chi connectivity index (χ4v) is 5.89. The predicted octanol–water partition coefficient (Wildman–Crippen LogP) is 6.19. The minimum atomic E-state index is -0.726. The average molecular weight is 519 g/mol. The van der Waals surface area contributed by atoms with Crippen molar-refractivity contribution in [3.8, 4) is 5.75 Å². The summed E-state index contributed by atoms with van der Waals surface area (Å²) in [5.74, 6) is 0.795. The molecule has 1 aliphatic rings. The number of hydrogen-bond acceptors (Lipinski definition) is 5. The van der Waals surface area contributed by atoms with Crippen molar-refractivity contribution in [1.82, 2.24) is 9.88 Å². The van der Waals surface area contributed by atoms with Gasteiger partial charge in [-0.05, 0) is 112 Å². The van der Waals surface area contributed by atoms with Crippen LogP contribution in [0.2, 0.25) is 0 Å². The number of likely N-dealkylation sites (tertiary alicyclic amines) is 1. The van der Waals surface area contributed by atoms with Crippen LogP contribution in [0, 0.1) is 18.8 Å². The highest BCUT2D eigenvalue weighted by Gasteiger charge is 2.30. The number of benzene rings is 2. The second kappa shape index (κ2) is 13.7. The largest absolute Gasteiger partial charge is 0.497 e. The molecule has 0 spiro atoms. The number of aryl methyl sites for hydroxylation is 2. The molecule has 1 aromatic heterocycles. The number of carbonyl (C=O) groups is 1. The number of carboxylic acids is 1. The first kappa shape index (κ1) is 28.1. The van der Waals surface area contributed by atoms with E-state index in [0.717, 1.165) is 67.5 Å². The third-order valence-electron chi connectivity index (χ3n) is 8.17. The molecule has 1 aliphatic heterocycles. The van der Waals surface area contributed by atoms with Crippen molar-refractivity contribution in [3.05, 3.63) is 71.4 Å². The maximum absolute atomic E-state index is 11.4. The number of rotatable bonds is 13. The summed E-state index contributed by atoms with van der Waals surface area (Å²) in [5.41, 5.74) is 4.41. The number of aliphatic carboxylic acids is 1. The highest BCUT2D eigenvalue weighted by molar-refractivity contribution is 5.83. The van der Waals surface area contributed by atoms with E-state index in [4.69, 9.17) is 4.74 Å². The summed E-state index contributed by atoms with van der Waals surface area (Å²) in [4.78, 5) is 18.3. The van der Waals surface area contributed by atoms with Crippen LogP contribution >= 0.6 is 0 Å². The molecule has 0 saturated carbocycles. The molecule has 6 nitrogen and oxygen atoms in total. The summed E-state index contributed by atoms with van der Waals surface area (Å²) >= 11 is 0. The van der Waals surface area contributed by atoms with Crippen molar-refractivity contribution >= 4 is 16.9 Å². The van der Waals surface area contributed by atoms with Crippen LogP contribution in [0.25, 0.3) is 10.9 Å². The lowest BCUT2D eigenvalue weighted by molar-refractivity contribution is -0.137. The molecule has 2 unspecified atom stereocenters. The minimum Gasteiger partial charge on any atom is -0.497 e. The van der Waals surface area contributed by atoms with Gasteiger partial charge in [0.25, 0.3) is 0 Å². The summed E-state index contributed by atoms with van der Waals surface area (Å²) in [6, 6.07) is 16.4. The van der Waals surface area contributed by atoms with Crippen molar-refractivity contribution in [1.29, 1.82) is 0 Å². The van der Waals surface area contributed by atoms with Crippen LogP contribution < -0.4 is 4.74 Å². The Labute approximate surface area is 226 Å². The van der Waals surface area contributed by atoms with Gasteiger partial charge in [-0.3, -0.25) is 9.78 Å². The number of carboxylic acid groups (broad SMARTS) is 1. The van der Waals surface area contributed by atoms with Gasteiger partial charge in [-0.15, -0.1) is 0 Å². The molecule has 38 heavy (non-hydrogen) atoms. The first-order chi connectivity index (χ1) is 18.4. The van der Waals surface area contributed by atoms with Crippen LogP contribution in [0.1, 0.15) is 67.7 Å². The van der Waals surface area contributed by atoms with Crippen LogP contribution in [0.15, 0.2) is 54.7 Å². The molecule has 2 aromatic carbocycles. The Hall–Kier alpha value is -2.96. The first-order valence-corrected chi connectivity index (χ1v) is 14.0. The first-order valence-electron chi connectivity index (χ1n) is 14.0. The maximum atomic E-state index is 11.4. The molecule has 2 heterocycles. The van der Waals surface area contributed by atoms with Crippen molar-refractivity contribution in [3.63, 3.8) is 0 Å². The number of methoxy groups -OCH3 is 1. The zero-order valence-corrected chi connectivity index (χ0v) is 22.8. The number of aliphatic hydroxyl groups is 1. The summed E-state index contributed by atoms with van der Waals surface area (Å²) in [6.07, 6.45) is 8.09. The molecule has 204 valence electrons. The van der Waals surface area contributed by atoms with Gasteiger partial charge < -0.3 is 19.8 Å². The topological polar surface area (TPSA) is 82.9 Å². The third kappa shape index (κ3) is 7.78. The number of ether oxygens (including phenoxy) is 1. The lowest BCUT2D eigenvalue weighted by atomic mass is 9.79. The van der Waals surface area contributed by atoms with Gasteiger partial charge in [0.2, 0.25) is 0 Å². The molecule has 0 aliphatic carbocycles. The number of hydrogen-bond donors (Lipinski definition) is 2. The van der Waals surface area contributed by atoms with Gasteiger partial charge in [0.1, 0.15) is 5.75 Å². The van der Waals surface area contributed by atoms with Crippen LogP contribution in [-0.4, -0.2) is 52.8 Å². The second-order valence-electron chi connectivity index (χ2n) is 10.9. The normalized spacial score (nSPS) is 18.9. The number of unbranched alkanes of at least 4 members (excludes halogenated alkanes) is 1. The van der Waals surface area contributed by atoms with Gasteiger partial charge in [-0.2, -0.15) is 0 Å². The molecule has 6 heteroatoms. The van der Waals surface area contributed by atoms with Crippen molar-refractivity contribution in [2.45, 2.75) is 64.4 Å². The van der Waals surface area contributed by atoms with E-state index in [1.54, 1.807) is 13.3 Å². The Kier molecular flexibility index (Phi) is 10.1. The van der Waals surface area contributed by atoms with E-state index in [1.165, 1.54) is 17.5 Å². The maximum Gasteiger partial charge on any atom is 0.303 e. The molecule has 4 rings (SSSR count). The number of fused-ring (bicyclic) bond motifs is 1. The predicted molar refractivity (Wildman–Crippen MR) is 152 cm³/mol. The van der Waals surface area contributed by atoms with E-state index in [1.807, 2.05) is 24.3 Å².